The average Bonchev–Trinajstić information content (AvgIpc) is 2.70. The molecule has 22 heavy (non-hydrogen) atoms. The third-order valence-electron chi connectivity index (χ3n) is 3.66. The van der Waals surface area contributed by atoms with Gasteiger partial charge in [0.1, 0.15) is 6.54 Å². The molecule has 2 rings (SSSR count). The lowest BCUT2D eigenvalue weighted by Gasteiger charge is -2.18. The zero-order chi connectivity index (χ0) is 16.4. The molecule has 0 radical (unpaired) electrons. The third kappa shape index (κ3) is 3.10. The predicted octanol–water partition coefficient (Wildman–Crippen LogP) is 2.89. The molecule has 1 aromatic rings. The van der Waals surface area contributed by atoms with Gasteiger partial charge in [0.05, 0.1) is 21.2 Å². The number of nitrogens with one attached hydrogen (secondary N) is 1. The molecule has 1 aliphatic heterocycles. The van der Waals surface area contributed by atoms with Gasteiger partial charge in [-0.1, -0.05) is 37.0 Å². The highest BCUT2D eigenvalue weighted by Crippen LogP contribution is 2.31. The Morgan fingerprint density at radius 1 is 1.09 bits per heavy atom. The van der Waals surface area contributed by atoms with Crippen molar-refractivity contribution in [1.29, 1.82) is 0 Å². The number of fused-ring (bicyclic) bond motifs is 1. The largest absolute Gasteiger partial charge is 0.352 e. The van der Waals surface area contributed by atoms with Gasteiger partial charge in [0.15, 0.2) is 0 Å². The zero-order valence-electron chi connectivity index (χ0n) is 12.3. The fourth-order valence-electron chi connectivity index (χ4n) is 2.34. The van der Waals surface area contributed by atoms with E-state index in [1.807, 2.05) is 13.8 Å². The molecule has 0 saturated carbocycles. The smallest absolute Gasteiger partial charge is 0.262 e. The highest BCUT2D eigenvalue weighted by molar-refractivity contribution is 6.43. The molecular formula is C15H16Cl2N2O3. The summed E-state index contributed by atoms with van der Waals surface area (Å²) in [4.78, 5) is 37.4. The van der Waals surface area contributed by atoms with Crippen LogP contribution in [0.2, 0.25) is 10.0 Å². The van der Waals surface area contributed by atoms with E-state index in [9.17, 15) is 14.4 Å². The maximum atomic E-state index is 12.3. The average molecular weight is 343 g/mol. The number of rotatable bonds is 5. The van der Waals surface area contributed by atoms with E-state index in [1.165, 1.54) is 12.1 Å². The van der Waals surface area contributed by atoms with Crippen molar-refractivity contribution in [1.82, 2.24) is 10.2 Å². The van der Waals surface area contributed by atoms with Gasteiger partial charge in [-0.3, -0.25) is 19.3 Å². The number of hydrogen-bond donors (Lipinski definition) is 1. The van der Waals surface area contributed by atoms with Crippen LogP contribution in [0.3, 0.4) is 0 Å². The van der Waals surface area contributed by atoms with E-state index < -0.39 is 11.8 Å². The summed E-state index contributed by atoms with van der Waals surface area (Å²) in [5.41, 5.74) is 0.351. The number of carbonyl (C=O) groups is 3. The fourth-order valence-corrected chi connectivity index (χ4v) is 2.66. The second kappa shape index (κ2) is 6.67. The summed E-state index contributed by atoms with van der Waals surface area (Å²) >= 11 is 11.7. The Kier molecular flexibility index (Phi) is 5.08. The number of carbonyl (C=O) groups excluding carboxylic acids is 3. The van der Waals surface area contributed by atoms with Crippen molar-refractivity contribution in [3.63, 3.8) is 0 Å². The number of imide groups is 1. The number of nitrogens with zero attached hydrogens (tertiary/aromatic N) is 1. The van der Waals surface area contributed by atoms with E-state index in [0.717, 1.165) is 17.7 Å². The van der Waals surface area contributed by atoms with Crippen LogP contribution in [0.25, 0.3) is 0 Å². The normalized spacial score (nSPS) is 13.8. The molecular weight excluding hydrogens is 327 g/mol. The SMILES string of the molecule is CCC(CC)NC(=O)CN1C(=O)c2cc(Cl)c(Cl)cc2C1=O. The summed E-state index contributed by atoms with van der Waals surface area (Å²) in [5, 5.41) is 3.19. The molecule has 1 aromatic carbocycles. The number of halogens is 2. The Labute approximate surface area is 138 Å². The van der Waals surface area contributed by atoms with Gasteiger partial charge in [0, 0.05) is 6.04 Å². The standard InChI is InChI=1S/C15H16Cl2N2O3/c1-3-8(4-2)18-13(20)7-19-14(21)9-5-11(16)12(17)6-10(9)15(19)22/h5-6,8H,3-4,7H2,1-2H3,(H,18,20). The van der Waals surface area contributed by atoms with Crippen LogP contribution in [0.4, 0.5) is 0 Å². The molecule has 1 aliphatic rings. The van der Waals surface area contributed by atoms with Crippen LogP contribution < -0.4 is 5.32 Å². The van der Waals surface area contributed by atoms with Crippen LogP contribution >= 0.6 is 23.2 Å². The topological polar surface area (TPSA) is 66.5 Å². The predicted molar refractivity (Wildman–Crippen MR) is 84.3 cm³/mol. The van der Waals surface area contributed by atoms with Gasteiger partial charge < -0.3 is 5.32 Å². The van der Waals surface area contributed by atoms with E-state index in [2.05, 4.69) is 5.32 Å². The van der Waals surface area contributed by atoms with Gasteiger partial charge >= 0.3 is 0 Å². The van der Waals surface area contributed by atoms with E-state index in [1.54, 1.807) is 0 Å². The quantitative estimate of drug-likeness (QED) is 0.836. The van der Waals surface area contributed by atoms with Crippen molar-refractivity contribution in [2.24, 2.45) is 0 Å². The molecule has 0 fully saturated rings. The van der Waals surface area contributed by atoms with Crippen LogP contribution in [-0.4, -0.2) is 35.2 Å². The van der Waals surface area contributed by atoms with E-state index in [0.29, 0.717) is 0 Å². The fraction of sp³-hybridized carbons (Fsp3) is 0.400. The van der Waals surface area contributed by atoms with Crippen molar-refractivity contribution in [3.05, 3.63) is 33.3 Å². The molecule has 0 unspecified atom stereocenters. The van der Waals surface area contributed by atoms with Crippen LogP contribution in [-0.2, 0) is 4.79 Å². The second-order valence-corrected chi connectivity index (χ2v) is 5.90. The molecule has 0 aliphatic carbocycles. The third-order valence-corrected chi connectivity index (χ3v) is 4.39. The van der Waals surface area contributed by atoms with Gasteiger partial charge in [0.2, 0.25) is 5.91 Å². The highest BCUT2D eigenvalue weighted by Gasteiger charge is 2.37. The molecule has 7 heteroatoms. The number of benzene rings is 1. The Morgan fingerprint density at radius 2 is 1.55 bits per heavy atom. The first-order valence-electron chi connectivity index (χ1n) is 7.03. The first kappa shape index (κ1) is 16.8. The minimum absolute atomic E-state index is 0.0339. The Morgan fingerprint density at radius 3 is 1.95 bits per heavy atom. The van der Waals surface area contributed by atoms with Crippen molar-refractivity contribution in [2.45, 2.75) is 32.7 Å². The van der Waals surface area contributed by atoms with Crippen LogP contribution in [0.1, 0.15) is 47.4 Å². The summed E-state index contributed by atoms with van der Waals surface area (Å²) in [6.45, 7) is 3.61. The minimum atomic E-state index is -0.529. The number of amides is 3. The molecule has 0 saturated heterocycles. The molecule has 118 valence electrons. The van der Waals surface area contributed by atoms with Gasteiger partial charge in [0.25, 0.3) is 11.8 Å². The molecule has 3 amide bonds. The lowest BCUT2D eigenvalue weighted by molar-refractivity contribution is -0.122. The first-order valence-corrected chi connectivity index (χ1v) is 7.79. The van der Waals surface area contributed by atoms with Crippen molar-refractivity contribution in [3.8, 4) is 0 Å². The van der Waals surface area contributed by atoms with Crippen molar-refractivity contribution in [2.75, 3.05) is 6.54 Å². The van der Waals surface area contributed by atoms with Gasteiger partial charge in [-0.25, -0.2) is 0 Å². The molecule has 0 atom stereocenters. The lowest BCUT2D eigenvalue weighted by atomic mass is 10.1. The molecule has 0 aromatic heterocycles. The Hall–Kier alpha value is -1.59. The van der Waals surface area contributed by atoms with Crippen LogP contribution in [0.5, 0.6) is 0 Å². The molecule has 1 N–H and O–H groups in total. The maximum Gasteiger partial charge on any atom is 0.262 e. The van der Waals surface area contributed by atoms with Crippen LogP contribution in [0, 0.1) is 0 Å². The van der Waals surface area contributed by atoms with E-state index in [4.69, 9.17) is 23.2 Å². The lowest BCUT2D eigenvalue weighted by Crippen LogP contribution is -2.43. The molecule has 0 spiro atoms. The monoisotopic (exact) mass is 342 g/mol. The summed E-state index contributed by atoms with van der Waals surface area (Å²) in [5.74, 6) is -1.42. The Balaban J connectivity index is 2.16. The van der Waals surface area contributed by atoms with Gasteiger partial charge in [-0.15, -0.1) is 0 Å². The minimum Gasteiger partial charge on any atom is -0.352 e. The van der Waals surface area contributed by atoms with Gasteiger partial charge in [-0.05, 0) is 25.0 Å². The first-order chi connectivity index (χ1) is 10.4. The second-order valence-electron chi connectivity index (χ2n) is 5.09. The summed E-state index contributed by atoms with van der Waals surface area (Å²) in [6.07, 6.45) is 1.57. The van der Waals surface area contributed by atoms with Crippen molar-refractivity contribution < 1.29 is 14.4 Å². The van der Waals surface area contributed by atoms with Gasteiger partial charge in [-0.2, -0.15) is 0 Å². The molecule has 5 nitrogen and oxygen atoms in total. The Bertz CT molecular complexity index is 601. The van der Waals surface area contributed by atoms with E-state index in [-0.39, 0.29) is 39.7 Å². The zero-order valence-corrected chi connectivity index (χ0v) is 13.8. The summed E-state index contributed by atoms with van der Waals surface area (Å²) in [7, 11) is 0. The summed E-state index contributed by atoms with van der Waals surface area (Å²) in [6, 6.07) is 2.75. The number of hydrogen-bond acceptors (Lipinski definition) is 3. The maximum absolute atomic E-state index is 12.3. The highest BCUT2D eigenvalue weighted by atomic mass is 35.5. The van der Waals surface area contributed by atoms with Crippen LogP contribution in [0.15, 0.2) is 12.1 Å². The van der Waals surface area contributed by atoms with E-state index >= 15 is 0 Å². The molecule has 1 heterocycles. The molecule has 0 bridgehead atoms. The summed E-state index contributed by atoms with van der Waals surface area (Å²) < 4.78 is 0. The van der Waals surface area contributed by atoms with Crippen molar-refractivity contribution >= 4 is 40.9 Å².